The van der Waals surface area contributed by atoms with Gasteiger partial charge < -0.3 is 10.8 Å². The lowest BCUT2D eigenvalue weighted by molar-refractivity contribution is -0.385. The van der Waals surface area contributed by atoms with Gasteiger partial charge in [-0.15, -0.1) is 0 Å². The zero-order valence-electron chi connectivity index (χ0n) is 10.6. The lowest BCUT2D eigenvalue weighted by Gasteiger charge is -2.40. The van der Waals surface area contributed by atoms with Crippen LogP contribution in [-0.2, 0) is 5.54 Å². The fraction of sp³-hybridized carbons (Fsp3) is 0.500. The van der Waals surface area contributed by atoms with Crippen LogP contribution in [0.4, 0.5) is 10.1 Å². The van der Waals surface area contributed by atoms with Crippen molar-refractivity contribution in [3.05, 3.63) is 39.7 Å². The highest BCUT2D eigenvalue weighted by Gasteiger charge is 2.41. The van der Waals surface area contributed by atoms with Gasteiger partial charge in [-0.25, -0.2) is 4.39 Å². The predicted octanol–water partition coefficient (Wildman–Crippen LogP) is 1.93. The summed E-state index contributed by atoms with van der Waals surface area (Å²) < 4.78 is 13.8. The van der Waals surface area contributed by atoms with Crippen molar-refractivity contribution in [3.63, 3.8) is 0 Å². The van der Waals surface area contributed by atoms with Crippen LogP contribution < -0.4 is 5.73 Å². The van der Waals surface area contributed by atoms with Crippen molar-refractivity contribution < 1.29 is 14.4 Å². The molecule has 0 bridgehead atoms. The zero-order valence-corrected chi connectivity index (χ0v) is 10.6. The van der Waals surface area contributed by atoms with Crippen LogP contribution in [0.3, 0.4) is 0 Å². The van der Waals surface area contributed by atoms with E-state index in [9.17, 15) is 19.6 Å². The van der Waals surface area contributed by atoms with Gasteiger partial charge in [0.25, 0.3) is 5.69 Å². The molecular formula is C12H17FN2O3. The number of non-ortho nitro benzene ring substituents is 1. The molecule has 3 N–H and O–H groups in total. The van der Waals surface area contributed by atoms with Crippen LogP contribution in [0.15, 0.2) is 18.2 Å². The van der Waals surface area contributed by atoms with Crippen molar-refractivity contribution in [2.45, 2.75) is 26.3 Å². The Balaban J connectivity index is 3.40. The molecule has 0 aliphatic carbocycles. The number of hydrogen-bond donors (Lipinski definition) is 2. The maximum absolute atomic E-state index is 13.8. The predicted molar refractivity (Wildman–Crippen MR) is 65.5 cm³/mol. The second-order valence-electron chi connectivity index (χ2n) is 5.17. The Hall–Kier alpha value is -1.53. The Bertz CT molecular complexity index is 472. The topological polar surface area (TPSA) is 89.4 Å². The minimum absolute atomic E-state index is 0.0238. The van der Waals surface area contributed by atoms with E-state index in [0.29, 0.717) is 0 Å². The number of aliphatic hydroxyl groups is 1. The first-order valence-electron chi connectivity index (χ1n) is 5.47. The molecule has 1 rings (SSSR count). The van der Waals surface area contributed by atoms with E-state index in [1.807, 2.05) is 0 Å². The lowest BCUT2D eigenvalue weighted by Crippen LogP contribution is -2.49. The number of benzene rings is 1. The number of hydrogen-bond acceptors (Lipinski definition) is 4. The normalized spacial score (nSPS) is 15.2. The summed E-state index contributed by atoms with van der Waals surface area (Å²) in [5.74, 6) is -0.618. The Morgan fingerprint density at radius 2 is 2.00 bits per heavy atom. The Kier molecular flexibility index (Phi) is 3.73. The summed E-state index contributed by atoms with van der Waals surface area (Å²) in [5.41, 5.74) is 3.83. The summed E-state index contributed by atoms with van der Waals surface area (Å²) in [7, 11) is 0. The smallest absolute Gasteiger partial charge is 0.269 e. The lowest BCUT2D eigenvalue weighted by atomic mass is 9.70. The zero-order chi connectivity index (χ0) is 14.1. The first-order valence-corrected chi connectivity index (χ1v) is 5.47. The van der Waals surface area contributed by atoms with Crippen molar-refractivity contribution >= 4 is 5.69 Å². The average molecular weight is 256 g/mol. The number of nitro groups is 1. The van der Waals surface area contributed by atoms with Crippen LogP contribution in [0, 0.1) is 21.3 Å². The molecule has 18 heavy (non-hydrogen) atoms. The van der Waals surface area contributed by atoms with E-state index in [0.717, 1.165) is 18.2 Å². The van der Waals surface area contributed by atoms with E-state index in [1.165, 1.54) is 0 Å². The average Bonchev–Trinajstić information content (AvgIpc) is 2.28. The third-order valence-electron chi connectivity index (χ3n) is 3.52. The van der Waals surface area contributed by atoms with Gasteiger partial charge in [0.05, 0.1) is 11.5 Å². The fourth-order valence-corrected chi connectivity index (χ4v) is 1.55. The van der Waals surface area contributed by atoms with Gasteiger partial charge >= 0.3 is 0 Å². The number of nitrogens with zero attached hydrogens (tertiary/aromatic N) is 1. The van der Waals surface area contributed by atoms with Gasteiger partial charge in [-0.2, -0.15) is 0 Å². The monoisotopic (exact) mass is 256 g/mol. The molecule has 100 valence electrons. The molecule has 0 amide bonds. The summed E-state index contributed by atoms with van der Waals surface area (Å²) in [4.78, 5) is 10.1. The molecule has 0 fully saturated rings. The third-order valence-corrected chi connectivity index (χ3v) is 3.52. The SMILES string of the molecule is CC(C)(CO)[C@](C)(N)c1cc([N+](=O)[O-])ccc1F. The summed E-state index contributed by atoms with van der Waals surface area (Å²) in [5, 5.41) is 20.0. The number of nitro benzene ring substituents is 1. The maximum atomic E-state index is 13.8. The van der Waals surface area contributed by atoms with E-state index in [4.69, 9.17) is 5.73 Å². The van der Waals surface area contributed by atoms with Crippen LogP contribution in [0.25, 0.3) is 0 Å². The third kappa shape index (κ3) is 2.34. The molecule has 1 aromatic carbocycles. The van der Waals surface area contributed by atoms with E-state index in [1.54, 1.807) is 20.8 Å². The Morgan fingerprint density at radius 3 is 2.44 bits per heavy atom. The summed E-state index contributed by atoms with van der Waals surface area (Å²) in [6.07, 6.45) is 0. The van der Waals surface area contributed by atoms with Crippen LogP contribution in [0.5, 0.6) is 0 Å². The van der Waals surface area contributed by atoms with Crippen LogP contribution in [0.1, 0.15) is 26.3 Å². The van der Waals surface area contributed by atoms with Gasteiger partial charge in [-0.1, -0.05) is 13.8 Å². The van der Waals surface area contributed by atoms with Crippen molar-refractivity contribution in [2.75, 3.05) is 6.61 Å². The molecule has 0 aliphatic heterocycles. The van der Waals surface area contributed by atoms with Crippen molar-refractivity contribution in [1.82, 2.24) is 0 Å². The molecule has 0 heterocycles. The second kappa shape index (κ2) is 4.62. The van der Waals surface area contributed by atoms with E-state index in [-0.39, 0.29) is 17.9 Å². The fourth-order valence-electron chi connectivity index (χ4n) is 1.55. The molecule has 0 radical (unpaired) electrons. The van der Waals surface area contributed by atoms with E-state index in [2.05, 4.69) is 0 Å². The van der Waals surface area contributed by atoms with Crippen molar-refractivity contribution in [1.29, 1.82) is 0 Å². The van der Waals surface area contributed by atoms with Gasteiger partial charge in [0.2, 0.25) is 0 Å². The van der Waals surface area contributed by atoms with E-state index >= 15 is 0 Å². The Labute approximate surface area is 105 Å². The maximum Gasteiger partial charge on any atom is 0.269 e. The standard InChI is InChI=1S/C12H17FN2O3/c1-11(2,7-16)12(3,14)9-6-8(15(17)18)4-5-10(9)13/h4-6,16H,7,14H2,1-3H3/t12-/m1/s1. The molecule has 5 nitrogen and oxygen atoms in total. The van der Waals surface area contributed by atoms with Crippen LogP contribution in [0.2, 0.25) is 0 Å². The minimum atomic E-state index is -1.22. The molecule has 0 spiro atoms. The molecule has 0 saturated carbocycles. The van der Waals surface area contributed by atoms with Gasteiger partial charge in [0.1, 0.15) is 5.82 Å². The first kappa shape index (κ1) is 14.5. The van der Waals surface area contributed by atoms with Gasteiger partial charge in [0.15, 0.2) is 0 Å². The molecule has 6 heteroatoms. The first-order chi connectivity index (χ1) is 8.13. The highest BCUT2D eigenvalue weighted by atomic mass is 19.1. The summed E-state index contributed by atoms with van der Waals surface area (Å²) >= 11 is 0. The number of nitrogens with two attached hydrogens (primary N) is 1. The largest absolute Gasteiger partial charge is 0.396 e. The highest BCUT2D eigenvalue weighted by Crippen LogP contribution is 2.39. The Morgan fingerprint density at radius 1 is 1.44 bits per heavy atom. The molecule has 0 unspecified atom stereocenters. The van der Waals surface area contributed by atoms with Crippen LogP contribution in [-0.4, -0.2) is 16.6 Å². The number of halogens is 1. The molecule has 0 saturated heterocycles. The summed E-state index contributed by atoms with van der Waals surface area (Å²) in [6.45, 7) is 4.63. The van der Waals surface area contributed by atoms with Crippen molar-refractivity contribution in [3.8, 4) is 0 Å². The highest BCUT2D eigenvalue weighted by molar-refractivity contribution is 5.39. The number of rotatable bonds is 4. The van der Waals surface area contributed by atoms with Crippen molar-refractivity contribution in [2.24, 2.45) is 11.1 Å². The van der Waals surface area contributed by atoms with Gasteiger partial charge in [0, 0.05) is 28.7 Å². The quantitative estimate of drug-likeness (QED) is 0.636. The van der Waals surface area contributed by atoms with Crippen LogP contribution >= 0.6 is 0 Å². The molecule has 1 atom stereocenters. The second-order valence-corrected chi connectivity index (χ2v) is 5.17. The molecule has 1 aromatic rings. The molecule has 0 aromatic heterocycles. The van der Waals surface area contributed by atoms with Gasteiger partial charge in [-0.3, -0.25) is 10.1 Å². The molecule has 0 aliphatic rings. The minimum Gasteiger partial charge on any atom is -0.396 e. The van der Waals surface area contributed by atoms with E-state index < -0.39 is 21.7 Å². The summed E-state index contributed by atoms with van der Waals surface area (Å²) in [6, 6.07) is 3.22. The van der Waals surface area contributed by atoms with Gasteiger partial charge in [-0.05, 0) is 13.0 Å². The molecular weight excluding hydrogens is 239 g/mol. The number of aliphatic hydroxyl groups excluding tert-OH is 1.